The first-order chi connectivity index (χ1) is 11.1. The quantitative estimate of drug-likeness (QED) is 0.859. The van der Waals surface area contributed by atoms with E-state index in [0.717, 1.165) is 0 Å². The van der Waals surface area contributed by atoms with Gasteiger partial charge in [0.2, 0.25) is 0 Å². The van der Waals surface area contributed by atoms with E-state index in [0.29, 0.717) is 28.3 Å². The first kappa shape index (κ1) is 16.4. The fourth-order valence-electron chi connectivity index (χ4n) is 1.99. The van der Waals surface area contributed by atoms with Gasteiger partial charge in [0.25, 0.3) is 5.91 Å². The lowest BCUT2D eigenvalue weighted by Crippen LogP contribution is -2.12. The number of ether oxygens (including phenoxy) is 3. The zero-order valence-electron chi connectivity index (χ0n) is 13.1. The minimum absolute atomic E-state index is 0.298. The summed E-state index contributed by atoms with van der Waals surface area (Å²) in [6.45, 7) is 0. The number of hydrogen-bond acceptors (Lipinski definition) is 5. The van der Waals surface area contributed by atoms with Gasteiger partial charge < -0.3 is 19.5 Å². The third kappa shape index (κ3) is 3.79. The third-order valence-electron chi connectivity index (χ3n) is 3.21. The molecule has 120 valence electrons. The molecule has 23 heavy (non-hydrogen) atoms. The average Bonchev–Trinajstić information content (AvgIpc) is 2.60. The Bertz CT molecular complexity index is 709. The summed E-state index contributed by atoms with van der Waals surface area (Å²) in [4.78, 5) is 23.6. The summed E-state index contributed by atoms with van der Waals surface area (Å²) >= 11 is 0. The second-order valence-corrected chi connectivity index (χ2v) is 4.59. The largest absolute Gasteiger partial charge is 0.493 e. The van der Waals surface area contributed by atoms with E-state index in [1.807, 2.05) is 0 Å². The van der Waals surface area contributed by atoms with E-state index >= 15 is 0 Å². The van der Waals surface area contributed by atoms with Crippen LogP contribution in [0.4, 0.5) is 5.69 Å². The Morgan fingerprint density at radius 3 is 2.00 bits per heavy atom. The smallest absolute Gasteiger partial charge is 0.337 e. The van der Waals surface area contributed by atoms with Crippen molar-refractivity contribution in [2.24, 2.45) is 0 Å². The number of methoxy groups -OCH3 is 3. The van der Waals surface area contributed by atoms with Crippen LogP contribution >= 0.6 is 0 Å². The van der Waals surface area contributed by atoms with Crippen molar-refractivity contribution >= 4 is 17.6 Å². The van der Waals surface area contributed by atoms with E-state index in [4.69, 9.17) is 9.47 Å². The molecule has 1 N–H and O–H groups in total. The van der Waals surface area contributed by atoms with Crippen molar-refractivity contribution in [1.82, 2.24) is 0 Å². The highest BCUT2D eigenvalue weighted by Crippen LogP contribution is 2.29. The van der Waals surface area contributed by atoms with Crippen molar-refractivity contribution in [1.29, 1.82) is 0 Å². The molecule has 0 bridgehead atoms. The number of hydrogen-bond donors (Lipinski definition) is 1. The highest BCUT2D eigenvalue weighted by molar-refractivity contribution is 6.05. The van der Waals surface area contributed by atoms with Gasteiger partial charge in [0, 0.05) is 17.3 Å². The molecule has 0 saturated carbocycles. The summed E-state index contributed by atoms with van der Waals surface area (Å²) in [5, 5.41) is 2.76. The zero-order valence-corrected chi connectivity index (χ0v) is 13.1. The molecule has 0 saturated heterocycles. The number of rotatable bonds is 5. The van der Waals surface area contributed by atoms with E-state index in [-0.39, 0.29) is 5.91 Å². The van der Waals surface area contributed by atoms with Crippen LogP contribution in [0.2, 0.25) is 0 Å². The number of anilines is 1. The molecule has 0 aliphatic heterocycles. The van der Waals surface area contributed by atoms with Gasteiger partial charge >= 0.3 is 5.97 Å². The summed E-state index contributed by atoms with van der Waals surface area (Å²) in [7, 11) is 4.37. The fraction of sp³-hybridized carbons (Fsp3) is 0.176. The van der Waals surface area contributed by atoms with Crippen LogP contribution in [0.25, 0.3) is 0 Å². The van der Waals surface area contributed by atoms with E-state index in [1.165, 1.54) is 26.4 Å². The molecule has 6 heteroatoms. The molecule has 0 aliphatic carbocycles. The number of nitrogens with one attached hydrogen (secondary N) is 1. The maximum atomic E-state index is 12.2. The first-order valence-electron chi connectivity index (χ1n) is 6.80. The summed E-state index contributed by atoms with van der Waals surface area (Å²) in [5.74, 6) is 0.352. The van der Waals surface area contributed by atoms with Crippen molar-refractivity contribution in [3.05, 3.63) is 53.6 Å². The average molecular weight is 315 g/mol. The molecule has 0 radical (unpaired) electrons. The first-order valence-corrected chi connectivity index (χ1v) is 6.80. The van der Waals surface area contributed by atoms with Gasteiger partial charge in [0.15, 0.2) is 11.5 Å². The lowest BCUT2D eigenvalue weighted by atomic mass is 10.1. The molecular formula is C17H17NO5. The van der Waals surface area contributed by atoms with Crippen LogP contribution in [0.1, 0.15) is 20.7 Å². The number of amides is 1. The van der Waals surface area contributed by atoms with Gasteiger partial charge in [-0.1, -0.05) is 0 Å². The van der Waals surface area contributed by atoms with Gasteiger partial charge in [-0.25, -0.2) is 4.79 Å². The molecular weight excluding hydrogens is 298 g/mol. The molecule has 0 spiro atoms. The standard InChI is InChI=1S/C17H17NO5/c1-21-14-9-8-13(10-15(14)22-2)18-16(19)11-4-6-12(7-5-11)17(20)23-3/h4-10H,1-3H3,(H,18,19). The Morgan fingerprint density at radius 2 is 1.43 bits per heavy atom. The Hall–Kier alpha value is -3.02. The number of esters is 1. The van der Waals surface area contributed by atoms with Crippen LogP contribution in [0.5, 0.6) is 11.5 Å². The Labute approximate surface area is 134 Å². The Balaban J connectivity index is 2.14. The summed E-state index contributed by atoms with van der Waals surface area (Å²) in [5.41, 5.74) is 1.38. The maximum Gasteiger partial charge on any atom is 0.337 e. The topological polar surface area (TPSA) is 73.9 Å². The molecule has 0 atom stereocenters. The van der Waals surface area contributed by atoms with Gasteiger partial charge in [-0.15, -0.1) is 0 Å². The van der Waals surface area contributed by atoms with E-state index < -0.39 is 5.97 Å². The Morgan fingerprint density at radius 1 is 0.826 bits per heavy atom. The van der Waals surface area contributed by atoms with Gasteiger partial charge in [-0.3, -0.25) is 4.79 Å². The monoisotopic (exact) mass is 315 g/mol. The molecule has 2 rings (SSSR count). The van der Waals surface area contributed by atoms with Crippen molar-refractivity contribution in [3.63, 3.8) is 0 Å². The minimum atomic E-state index is -0.447. The van der Waals surface area contributed by atoms with Crippen molar-refractivity contribution in [2.45, 2.75) is 0 Å². The number of carbonyl (C=O) groups is 2. The van der Waals surface area contributed by atoms with Crippen LogP contribution in [-0.4, -0.2) is 33.2 Å². The van der Waals surface area contributed by atoms with Crippen LogP contribution in [0, 0.1) is 0 Å². The molecule has 0 unspecified atom stereocenters. The predicted octanol–water partition coefficient (Wildman–Crippen LogP) is 2.74. The van der Waals surface area contributed by atoms with E-state index in [9.17, 15) is 9.59 Å². The highest BCUT2D eigenvalue weighted by Gasteiger charge is 2.11. The molecule has 0 aliphatic rings. The molecule has 0 aromatic heterocycles. The molecule has 1 amide bonds. The molecule has 0 fully saturated rings. The lowest BCUT2D eigenvalue weighted by molar-refractivity contribution is 0.0600. The third-order valence-corrected chi connectivity index (χ3v) is 3.21. The second kappa shape index (κ2) is 7.31. The number of carbonyl (C=O) groups excluding carboxylic acids is 2. The molecule has 0 heterocycles. The zero-order chi connectivity index (χ0) is 16.8. The van der Waals surface area contributed by atoms with E-state index in [2.05, 4.69) is 10.1 Å². The lowest BCUT2D eigenvalue weighted by Gasteiger charge is -2.10. The highest BCUT2D eigenvalue weighted by atomic mass is 16.5. The van der Waals surface area contributed by atoms with Gasteiger partial charge in [0.05, 0.1) is 26.9 Å². The van der Waals surface area contributed by atoms with Crippen molar-refractivity contribution in [2.75, 3.05) is 26.6 Å². The molecule has 2 aromatic carbocycles. The summed E-state index contributed by atoms with van der Waals surface area (Å²) in [6.07, 6.45) is 0. The predicted molar refractivity (Wildman–Crippen MR) is 85.3 cm³/mol. The normalized spacial score (nSPS) is 9.87. The van der Waals surface area contributed by atoms with Crippen LogP contribution in [-0.2, 0) is 4.74 Å². The summed E-state index contributed by atoms with van der Waals surface area (Å²) in [6, 6.07) is 11.3. The van der Waals surface area contributed by atoms with Crippen molar-refractivity contribution in [3.8, 4) is 11.5 Å². The van der Waals surface area contributed by atoms with Crippen LogP contribution in [0.3, 0.4) is 0 Å². The van der Waals surface area contributed by atoms with Gasteiger partial charge in [0.1, 0.15) is 0 Å². The van der Waals surface area contributed by atoms with Crippen LogP contribution < -0.4 is 14.8 Å². The van der Waals surface area contributed by atoms with Crippen LogP contribution in [0.15, 0.2) is 42.5 Å². The van der Waals surface area contributed by atoms with Gasteiger partial charge in [-0.05, 0) is 36.4 Å². The second-order valence-electron chi connectivity index (χ2n) is 4.59. The number of benzene rings is 2. The molecule has 2 aromatic rings. The molecule has 6 nitrogen and oxygen atoms in total. The van der Waals surface area contributed by atoms with E-state index in [1.54, 1.807) is 37.4 Å². The fourth-order valence-corrected chi connectivity index (χ4v) is 1.99. The summed E-state index contributed by atoms with van der Waals surface area (Å²) < 4.78 is 15.0. The maximum absolute atomic E-state index is 12.2. The van der Waals surface area contributed by atoms with Crippen molar-refractivity contribution < 1.29 is 23.8 Å². The van der Waals surface area contributed by atoms with Gasteiger partial charge in [-0.2, -0.15) is 0 Å². The minimum Gasteiger partial charge on any atom is -0.493 e. The Kier molecular flexibility index (Phi) is 5.19. The SMILES string of the molecule is COC(=O)c1ccc(C(=O)Nc2ccc(OC)c(OC)c2)cc1.